The van der Waals surface area contributed by atoms with Crippen molar-refractivity contribution in [2.75, 3.05) is 0 Å². The molecule has 0 amide bonds. The average molecular weight is 707 g/mol. The normalized spacial score (nSPS) is 12.0. The second-order valence-electron chi connectivity index (χ2n) is 16.0. The van der Waals surface area contributed by atoms with Crippen molar-refractivity contribution >= 4 is 11.9 Å². The van der Waals surface area contributed by atoms with Crippen molar-refractivity contribution in [1.29, 1.82) is 0 Å². The highest BCUT2D eigenvalue weighted by atomic mass is 16.5. The van der Waals surface area contributed by atoms with Crippen LogP contribution in [-0.2, 0) is 14.3 Å². The fraction of sp³-hybridized carbons (Fsp3) is 0.957. The van der Waals surface area contributed by atoms with Gasteiger partial charge in [0.05, 0.1) is 0 Å². The predicted octanol–water partition coefficient (Wildman–Crippen LogP) is 16.0. The molecule has 0 fully saturated rings. The number of hydrogen-bond acceptors (Lipinski definition) is 3. The first-order valence-corrected chi connectivity index (χ1v) is 23.0. The van der Waals surface area contributed by atoms with Crippen molar-refractivity contribution in [2.45, 2.75) is 283 Å². The van der Waals surface area contributed by atoms with Gasteiger partial charge in [0.15, 0.2) is 0 Å². The molecule has 0 aliphatic carbocycles. The molecule has 4 heteroatoms. The molecule has 0 heterocycles. The van der Waals surface area contributed by atoms with E-state index < -0.39 is 5.97 Å². The number of hydrogen-bond donors (Lipinski definition) is 1. The lowest BCUT2D eigenvalue weighted by atomic mass is 10.0. The van der Waals surface area contributed by atoms with E-state index in [9.17, 15) is 9.59 Å². The maximum Gasteiger partial charge on any atom is 0.306 e. The Bertz CT molecular complexity index is 677. The summed E-state index contributed by atoms with van der Waals surface area (Å²) >= 11 is 0. The lowest BCUT2D eigenvalue weighted by molar-refractivity contribution is -0.150. The molecule has 0 saturated heterocycles. The van der Waals surface area contributed by atoms with E-state index in [-0.39, 0.29) is 12.1 Å². The lowest BCUT2D eigenvalue weighted by Crippen LogP contribution is -2.18. The van der Waals surface area contributed by atoms with Crippen LogP contribution in [-0.4, -0.2) is 23.1 Å². The molecule has 0 aromatic heterocycles. The van der Waals surface area contributed by atoms with Gasteiger partial charge in [0, 0.05) is 12.8 Å². The molecular weight excluding hydrogens is 617 g/mol. The van der Waals surface area contributed by atoms with Crippen LogP contribution in [0.2, 0.25) is 0 Å². The van der Waals surface area contributed by atoms with E-state index in [2.05, 4.69) is 13.8 Å². The SMILES string of the molecule is CCCCCCCCCCCCCCCCCCCCCCCC(=O)OC(CCCCCC)CCCCCCCCCCCCCCC(=O)O. The number of unbranched alkanes of at least 4 members (excludes halogenated alkanes) is 34. The van der Waals surface area contributed by atoms with Gasteiger partial charge < -0.3 is 9.84 Å². The monoisotopic (exact) mass is 707 g/mol. The Labute approximate surface area is 313 Å². The van der Waals surface area contributed by atoms with Crippen LogP contribution in [0.3, 0.4) is 0 Å². The molecule has 0 spiro atoms. The van der Waals surface area contributed by atoms with Crippen LogP contribution in [0, 0.1) is 0 Å². The molecule has 0 aliphatic heterocycles. The fourth-order valence-corrected chi connectivity index (χ4v) is 7.42. The number of carboxylic acids is 1. The van der Waals surface area contributed by atoms with Gasteiger partial charge in [0.1, 0.15) is 6.10 Å². The molecule has 0 aromatic rings. The second-order valence-corrected chi connectivity index (χ2v) is 16.0. The maximum atomic E-state index is 12.7. The molecule has 1 unspecified atom stereocenters. The molecule has 1 atom stereocenters. The zero-order valence-electron chi connectivity index (χ0n) is 34.2. The van der Waals surface area contributed by atoms with Gasteiger partial charge in [-0.1, -0.05) is 226 Å². The minimum atomic E-state index is -0.667. The smallest absolute Gasteiger partial charge is 0.306 e. The number of aliphatic carboxylic acids is 1. The number of esters is 1. The fourth-order valence-electron chi connectivity index (χ4n) is 7.42. The summed E-state index contributed by atoms with van der Waals surface area (Å²) in [5.74, 6) is -0.620. The molecule has 4 nitrogen and oxygen atoms in total. The van der Waals surface area contributed by atoms with E-state index in [1.165, 1.54) is 218 Å². The Balaban J connectivity index is 3.67. The number of rotatable bonds is 43. The van der Waals surface area contributed by atoms with E-state index in [0.717, 1.165) is 32.1 Å². The summed E-state index contributed by atoms with van der Waals surface area (Å²) in [6.07, 6.45) is 51.8. The van der Waals surface area contributed by atoms with Crippen LogP contribution in [0.1, 0.15) is 277 Å². The quantitative estimate of drug-likeness (QED) is 0.0506. The summed E-state index contributed by atoms with van der Waals surface area (Å²) in [6, 6.07) is 0. The van der Waals surface area contributed by atoms with Crippen molar-refractivity contribution in [3.8, 4) is 0 Å². The third-order valence-electron chi connectivity index (χ3n) is 10.8. The molecule has 0 rings (SSSR count). The first-order valence-electron chi connectivity index (χ1n) is 23.0. The van der Waals surface area contributed by atoms with Crippen LogP contribution in [0.15, 0.2) is 0 Å². The van der Waals surface area contributed by atoms with Crippen molar-refractivity contribution in [3.05, 3.63) is 0 Å². The topological polar surface area (TPSA) is 63.6 Å². The number of carbonyl (C=O) groups is 2. The van der Waals surface area contributed by atoms with Crippen molar-refractivity contribution in [3.63, 3.8) is 0 Å². The Morgan fingerprint density at radius 2 is 0.600 bits per heavy atom. The second kappa shape index (κ2) is 42.4. The molecule has 298 valence electrons. The van der Waals surface area contributed by atoms with E-state index in [1.54, 1.807) is 0 Å². The molecule has 0 aliphatic rings. The summed E-state index contributed by atoms with van der Waals surface area (Å²) in [6.45, 7) is 4.55. The molecule has 50 heavy (non-hydrogen) atoms. The summed E-state index contributed by atoms with van der Waals surface area (Å²) in [7, 11) is 0. The molecule has 0 bridgehead atoms. The average Bonchev–Trinajstić information content (AvgIpc) is 3.10. The van der Waals surface area contributed by atoms with Crippen LogP contribution in [0.5, 0.6) is 0 Å². The van der Waals surface area contributed by atoms with Gasteiger partial charge in [-0.15, -0.1) is 0 Å². The zero-order valence-corrected chi connectivity index (χ0v) is 34.2. The van der Waals surface area contributed by atoms with E-state index >= 15 is 0 Å². The lowest BCUT2D eigenvalue weighted by Gasteiger charge is -2.18. The number of carbonyl (C=O) groups excluding carboxylic acids is 1. The van der Waals surface area contributed by atoms with Gasteiger partial charge in [0.2, 0.25) is 0 Å². The summed E-state index contributed by atoms with van der Waals surface area (Å²) in [5, 5.41) is 8.70. The van der Waals surface area contributed by atoms with Crippen LogP contribution >= 0.6 is 0 Å². The Kier molecular flexibility index (Phi) is 41.5. The largest absolute Gasteiger partial charge is 0.481 e. The summed E-state index contributed by atoms with van der Waals surface area (Å²) in [5.41, 5.74) is 0. The van der Waals surface area contributed by atoms with Crippen molar-refractivity contribution < 1.29 is 19.4 Å². The van der Waals surface area contributed by atoms with Crippen LogP contribution in [0.25, 0.3) is 0 Å². The highest BCUT2D eigenvalue weighted by Gasteiger charge is 2.14. The van der Waals surface area contributed by atoms with Gasteiger partial charge >= 0.3 is 11.9 Å². The molecule has 1 N–H and O–H groups in total. The summed E-state index contributed by atoms with van der Waals surface area (Å²) in [4.78, 5) is 23.2. The Morgan fingerprint density at radius 3 is 0.900 bits per heavy atom. The first kappa shape index (κ1) is 48.9. The van der Waals surface area contributed by atoms with Gasteiger partial charge in [0.25, 0.3) is 0 Å². The predicted molar refractivity (Wildman–Crippen MR) is 218 cm³/mol. The maximum absolute atomic E-state index is 12.7. The van der Waals surface area contributed by atoms with Gasteiger partial charge in [-0.3, -0.25) is 9.59 Å². The van der Waals surface area contributed by atoms with Crippen LogP contribution < -0.4 is 0 Å². The third-order valence-corrected chi connectivity index (χ3v) is 10.8. The van der Waals surface area contributed by atoms with Gasteiger partial charge in [-0.25, -0.2) is 0 Å². The minimum Gasteiger partial charge on any atom is -0.481 e. The molecular formula is C46H90O4. The van der Waals surface area contributed by atoms with Crippen molar-refractivity contribution in [1.82, 2.24) is 0 Å². The Morgan fingerprint density at radius 1 is 0.360 bits per heavy atom. The number of carboxylic acid groups (broad SMARTS) is 1. The molecule has 0 aromatic carbocycles. The summed E-state index contributed by atoms with van der Waals surface area (Å²) < 4.78 is 6.03. The standard InChI is InChI=1S/C46H90O4/c1-3-5-7-9-10-11-12-13-14-15-16-17-18-19-20-21-26-29-32-35-39-43-46(49)50-44(40-36-8-6-4-2)41-37-33-30-27-24-22-23-25-28-31-34-38-42-45(47)48/h44H,3-43H2,1-2H3,(H,47,48). The van der Waals surface area contributed by atoms with Crippen LogP contribution in [0.4, 0.5) is 0 Å². The van der Waals surface area contributed by atoms with E-state index in [4.69, 9.17) is 9.84 Å². The zero-order chi connectivity index (χ0) is 36.4. The number of ether oxygens (including phenoxy) is 1. The Hall–Kier alpha value is -1.06. The van der Waals surface area contributed by atoms with Crippen molar-refractivity contribution in [2.24, 2.45) is 0 Å². The highest BCUT2D eigenvalue weighted by molar-refractivity contribution is 5.69. The molecule has 0 saturated carbocycles. The third kappa shape index (κ3) is 41.4. The van der Waals surface area contributed by atoms with E-state index in [0.29, 0.717) is 12.8 Å². The van der Waals surface area contributed by atoms with Gasteiger partial charge in [-0.2, -0.15) is 0 Å². The first-order chi connectivity index (χ1) is 24.6. The van der Waals surface area contributed by atoms with Gasteiger partial charge in [-0.05, 0) is 38.5 Å². The highest BCUT2D eigenvalue weighted by Crippen LogP contribution is 2.19. The molecule has 0 radical (unpaired) electrons. The van der Waals surface area contributed by atoms with E-state index in [1.807, 2.05) is 0 Å². The minimum absolute atomic E-state index is 0.0465.